The Kier molecular flexibility index (Phi) is 7.98. The molecule has 0 unspecified atom stereocenters. The van der Waals surface area contributed by atoms with Gasteiger partial charge in [-0.3, -0.25) is 9.78 Å². The van der Waals surface area contributed by atoms with Gasteiger partial charge >= 0.3 is 0 Å². The van der Waals surface area contributed by atoms with Crippen molar-refractivity contribution < 1.29 is 18.4 Å². The molecule has 0 saturated carbocycles. The smallest absolute Gasteiger partial charge is 0.255 e. The monoisotopic (exact) mass is 517 g/mol. The fourth-order valence-electron chi connectivity index (χ4n) is 3.36. The van der Waals surface area contributed by atoms with E-state index in [-0.39, 0.29) is 16.9 Å². The van der Waals surface area contributed by atoms with Crippen molar-refractivity contribution >= 4 is 36.9 Å². The number of aromatic nitrogens is 2. The minimum absolute atomic E-state index is 0.120. The number of hydrogen-bond donors (Lipinski definition) is 0. The summed E-state index contributed by atoms with van der Waals surface area (Å²) in [5, 5.41) is 0.665. The second kappa shape index (κ2) is 10.3. The van der Waals surface area contributed by atoms with Crippen molar-refractivity contribution in [2.75, 3.05) is 27.3 Å². The number of amides is 1. The maximum Gasteiger partial charge on any atom is 0.255 e. The molecule has 7 nitrogen and oxygen atoms in total. The summed E-state index contributed by atoms with van der Waals surface area (Å²) < 4.78 is 17.8. The number of halogens is 1. The van der Waals surface area contributed by atoms with Gasteiger partial charge in [0.15, 0.2) is 19.7 Å². The zero-order valence-electron chi connectivity index (χ0n) is 22.2. The zero-order valence-corrected chi connectivity index (χ0v) is 23.9. The van der Waals surface area contributed by atoms with Crippen LogP contribution in [0.1, 0.15) is 56.5 Å². The molecular weight excluding hydrogens is 482 g/mol. The number of pyridine rings is 2. The Morgan fingerprint density at radius 1 is 1.20 bits per heavy atom. The first kappa shape index (κ1) is 27.2. The molecule has 1 amide bonds. The SMILES string of the molecule is COc1cc(C(=O)N(C)CCO[Si](C)(C)C(C)(C)C)cnc1-c1cc2ncc(C(C)C)c(Cl)c2o1. The number of methoxy groups -OCH3 is 1. The minimum atomic E-state index is -1.87. The van der Waals surface area contributed by atoms with Gasteiger partial charge in [0.2, 0.25) is 0 Å². The van der Waals surface area contributed by atoms with Crippen LogP contribution in [0.4, 0.5) is 0 Å². The van der Waals surface area contributed by atoms with E-state index in [1.54, 1.807) is 30.3 Å². The Hall–Kier alpha value is -2.42. The van der Waals surface area contributed by atoms with Crippen LogP contribution in [0.15, 0.2) is 28.9 Å². The molecule has 0 aliphatic rings. The van der Waals surface area contributed by atoms with E-state index in [1.807, 2.05) is 0 Å². The topological polar surface area (TPSA) is 77.7 Å². The molecule has 0 spiro atoms. The van der Waals surface area contributed by atoms with Gasteiger partial charge in [-0.2, -0.15) is 0 Å². The number of fused-ring (bicyclic) bond motifs is 1. The van der Waals surface area contributed by atoms with Crippen LogP contribution < -0.4 is 4.74 Å². The second-order valence-electron chi connectivity index (χ2n) is 10.6. The summed E-state index contributed by atoms with van der Waals surface area (Å²) in [7, 11) is 1.43. The van der Waals surface area contributed by atoms with Gasteiger partial charge in [0.1, 0.15) is 17.0 Å². The van der Waals surface area contributed by atoms with Crippen molar-refractivity contribution in [1.82, 2.24) is 14.9 Å². The highest BCUT2D eigenvalue weighted by molar-refractivity contribution is 6.74. The average Bonchev–Trinajstić information content (AvgIpc) is 3.22. The van der Waals surface area contributed by atoms with Crippen LogP contribution in [0.3, 0.4) is 0 Å². The van der Waals surface area contributed by atoms with Gasteiger partial charge in [0.05, 0.1) is 24.3 Å². The van der Waals surface area contributed by atoms with Crippen LogP contribution in [0, 0.1) is 0 Å². The van der Waals surface area contributed by atoms with Gasteiger partial charge in [0, 0.05) is 32.1 Å². The van der Waals surface area contributed by atoms with E-state index in [0.717, 1.165) is 5.56 Å². The van der Waals surface area contributed by atoms with Crippen LogP contribution >= 0.6 is 11.6 Å². The van der Waals surface area contributed by atoms with Gasteiger partial charge in [-0.1, -0.05) is 46.2 Å². The van der Waals surface area contributed by atoms with Crippen molar-refractivity contribution in [2.45, 2.75) is 58.7 Å². The third-order valence-corrected chi connectivity index (χ3v) is 11.7. The van der Waals surface area contributed by atoms with Crippen LogP contribution in [0.2, 0.25) is 23.2 Å². The number of carbonyl (C=O) groups is 1. The van der Waals surface area contributed by atoms with Gasteiger partial charge in [0.25, 0.3) is 5.91 Å². The van der Waals surface area contributed by atoms with Gasteiger partial charge in [-0.05, 0) is 35.7 Å². The fraction of sp³-hybridized carbons (Fsp3) is 0.500. The second-order valence-corrected chi connectivity index (χ2v) is 15.8. The lowest BCUT2D eigenvalue weighted by molar-refractivity contribution is 0.0769. The summed E-state index contributed by atoms with van der Waals surface area (Å²) in [4.78, 5) is 23.6. The van der Waals surface area contributed by atoms with Gasteiger partial charge in [-0.15, -0.1) is 0 Å². The van der Waals surface area contributed by atoms with Crippen molar-refractivity contribution in [3.8, 4) is 17.2 Å². The normalized spacial score (nSPS) is 12.4. The largest absolute Gasteiger partial charge is 0.494 e. The third-order valence-electron chi connectivity index (χ3n) is 6.73. The van der Waals surface area contributed by atoms with E-state index < -0.39 is 8.32 Å². The molecule has 0 aliphatic heterocycles. The molecule has 3 aromatic heterocycles. The molecule has 35 heavy (non-hydrogen) atoms. The van der Waals surface area contributed by atoms with Crippen molar-refractivity contribution in [3.63, 3.8) is 0 Å². The highest BCUT2D eigenvalue weighted by Gasteiger charge is 2.37. The first-order valence-electron chi connectivity index (χ1n) is 11.8. The van der Waals surface area contributed by atoms with Crippen molar-refractivity contribution in [3.05, 3.63) is 40.7 Å². The van der Waals surface area contributed by atoms with Crippen LogP contribution in [-0.2, 0) is 4.43 Å². The Morgan fingerprint density at radius 2 is 1.89 bits per heavy atom. The lowest BCUT2D eigenvalue weighted by Crippen LogP contribution is -2.43. The van der Waals surface area contributed by atoms with E-state index in [2.05, 4.69) is 57.7 Å². The number of rotatable bonds is 8. The van der Waals surface area contributed by atoms with E-state index in [9.17, 15) is 4.79 Å². The molecule has 0 saturated heterocycles. The predicted octanol–water partition coefficient (Wildman–Crippen LogP) is 6.77. The maximum absolute atomic E-state index is 13.0. The molecule has 3 aromatic rings. The maximum atomic E-state index is 13.0. The number of likely N-dealkylation sites (N-methyl/N-ethyl adjacent to an activating group) is 1. The summed E-state index contributed by atoms with van der Waals surface area (Å²) in [5.74, 6) is 0.968. The number of carbonyl (C=O) groups excluding carboxylic acids is 1. The quantitative estimate of drug-likeness (QED) is 0.307. The lowest BCUT2D eigenvalue weighted by atomic mass is 10.1. The molecule has 0 atom stereocenters. The molecule has 0 bridgehead atoms. The molecule has 3 rings (SSSR count). The minimum Gasteiger partial charge on any atom is -0.494 e. The third kappa shape index (κ3) is 5.71. The van der Waals surface area contributed by atoms with E-state index in [0.29, 0.717) is 52.0 Å². The first-order valence-corrected chi connectivity index (χ1v) is 15.1. The average molecular weight is 518 g/mol. The van der Waals surface area contributed by atoms with Crippen LogP contribution in [0.5, 0.6) is 5.75 Å². The van der Waals surface area contributed by atoms with E-state index in [1.165, 1.54) is 13.3 Å². The Balaban J connectivity index is 1.80. The molecule has 3 heterocycles. The highest BCUT2D eigenvalue weighted by atomic mass is 35.5. The molecule has 0 radical (unpaired) electrons. The van der Waals surface area contributed by atoms with Crippen molar-refractivity contribution in [1.29, 1.82) is 0 Å². The molecule has 190 valence electrons. The zero-order chi connectivity index (χ0) is 26.1. The summed E-state index contributed by atoms with van der Waals surface area (Å²) in [5.41, 5.74) is 2.97. The van der Waals surface area contributed by atoms with Gasteiger partial charge in [-0.25, -0.2) is 4.98 Å². The lowest BCUT2D eigenvalue weighted by Gasteiger charge is -2.36. The van der Waals surface area contributed by atoms with Crippen LogP contribution in [-0.4, -0.2) is 56.4 Å². The Morgan fingerprint density at radius 3 is 2.49 bits per heavy atom. The molecule has 9 heteroatoms. The highest BCUT2D eigenvalue weighted by Crippen LogP contribution is 2.38. The standard InChI is InChI=1S/C26H36ClN3O4Si/c1-16(2)18-15-28-19-13-21(34-24(19)22(18)27)23-20(32-7)12-17(14-29-23)25(31)30(6)10-11-33-35(8,9)26(3,4)5/h12-16H,10-11H2,1-9H3. The molecule has 0 aliphatic carbocycles. The van der Waals surface area contributed by atoms with Gasteiger partial charge < -0.3 is 18.5 Å². The van der Waals surface area contributed by atoms with Crippen LogP contribution in [0.25, 0.3) is 22.6 Å². The van der Waals surface area contributed by atoms with E-state index >= 15 is 0 Å². The number of nitrogens with zero attached hydrogens (tertiary/aromatic N) is 3. The molecule has 0 aromatic carbocycles. The van der Waals surface area contributed by atoms with E-state index in [4.69, 9.17) is 25.2 Å². The molecule has 0 fully saturated rings. The van der Waals surface area contributed by atoms with Crippen molar-refractivity contribution in [2.24, 2.45) is 0 Å². The fourth-order valence-corrected chi connectivity index (χ4v) is 4.80. The summed E-state index contributed by atoms with van der Waals surface area (Å²) in [6, 6.07) is 3.46. The molecule has 0 N–H and O–H groups in total. The number of hydrogen-bond acceptors (Lipinski definition) is 6. The summed E-state index contributed by atoms with van der Waals surface area (Å²) in [6.45, 7) is 16.1. The number of ether oxygens (including phenoxy) is 1. The first-order chi connectivity index (χ1) is 16.3. The Labute approximate surface area is 213 Å². The number of furan rings is 1. The Bertz CT molecular complexity index is 1220. The molecular formula is C26H36ClN3O4Si. The summed E-state index contributed by atoms with van der Waals surface area (Å²) in [6.07, 6.45) is 3.30. The predicted molar refractivity (Wildman–Crippen MR) is 143 cm³/mol. The summed E-state index contributed by atoms with van der Waals surface area (Å²) >= 11 is 6.56.